The minimum Gasteiger partial charge on any atom is -0.383 e. The summed E-state index contributed by atoms with van der Waals surface area (Å²) in [5.41, 5.74) is 6.57. The summed E-state index contributed by atoms with van der Waals surface area (Å²) in [5, 5.41) is 4.68. The molecule has 5 rings (SSSR count). The number of ether oxygens (including phenoxy) is 1. The van der Waals surface area contributed by atoms with Gasteiger partial charge < -0.3 is 10.5 Å². The van der Waals surface area contributed by atoms with Crippen molar-refractivity contribution in [1.29, 1.82) is 0 Å². The van der Waals surface area contributed by atoms with Crippen LogP contribution in [0.25, 0.3) is 11.3 Å². The van der Waals surface area contributed by atoms with Crippen LogP contribution < -0.4 is 5.73 Å². The third-order valence-corrected chi connectivity index (χ3v) is 7.31. The van der Waals surface area contributed by atoms with Crippen molar-refractivity contribution < 1.29 is 17.9 Å². The van der Waals surface area contributed by atoms with E-state index in [9.17, 15) is 13.2 Å². The van der Waals surface area contributed by atoms with E-state index in [1.165, 1.54) is 19.0 Å². The van der Waals surface area contributed by atoms with Crippen molar-refractivity contribution in [2.45, 2.75) is 57.3 Å². The van der Waals surface area contributed by atoms with Gasteiger partial charge in [0.2, 0.25) is 0 Å². The number of alkyl halides is 3. The zero-order valence-corrected chi connectivity index (χ0v) is 18.5. The number of rotatable bonds is 4. The van der Waals surface area contributed by atoms with E-state index in [2.05, 4.69) is 28.8 Å². The summed E-state index contributed by atoms with van der Waals surface area (Å²) in [6.45, 7) is 7.89. The molecule has 2 aromatic rings. The van der Waals surface area contributed by atoms with Crippen LogP contribution in [0.3, 0.4) is 0 Å². The number of hydrogen-bond acceptors (Lipinski definition) is 5. The number of nitrogen functional groups attached to an aromatic ring is 1. The molecule has 0 amide bonds. The SMILES string of the molecule is CC(C)n1nc(-c2cnc(N)c(C(F)(F)F)c2)cc1[C@H]1[C@@H]2C[C@@H](N3CCCOCC3)C[C@@H]21. The third kappa shape index (κ3) is 3.90. The van der Waals surface area contributed by atoms with Crippen LogP contribution in [-0.2, 0) is 10.9 Å². The molecule has 2 saturated carbocycles. The number of nitrogens with two attached hydrogens (primary N) is 1. The van der Waals surface area contributed by atoms with E-state index >= 15 is 0 Å². The van der Waals surface area contributed by atoms with Gasteiger partial charge in [0.25, 0.3) is 0 Å². The van der Waals surface area contributed by atoms with Gasteiger partial charge in [-0.15, -0.1) is 0 Å². The highest BCUT2D eigenvalue weighted by atomic mass is 19.4. The summed E-state index contributed by atoms with van der Waals surface area (Å²) in [7, 11) is 0. The number of pyridine rings is 1. The van der Waals surface area contributed by atoms with E-state index in [4.69, 9.17) is 10.5 Å². The van der Waals surface area contributed by atoms with Crippen LogP contribution in [0.4, 0.5) is 19.0 Å². The lowest BCUT2D eigenvalue weighted by atomic mass is 10.0. The Bertz CT molecular complexity index is 968. The fourth-order valence-electron chi connectivity index (χ4n) is 5.73. The van der Waals surface area contributed by atoms with E-state index < -0.39 is 17.6 Å². The second kappa shape index (κ2) is 8.02. The first-order valence-electron chi connectivity index (χ1n) is 11.5. The molecular formula is C23H30F3N5O. The Morgan fingerprint density at radius 3 is 2.56 bits per heavy atom. The second-order valence-electron chi connectivity index (χ2n) is 9.63. The number of anilines is 1. The number of nitrogens with zero attached hydrogens (tertiary/aromatic N) is 4. The molecule has 9 heteroatoms. The van der Waals surface area contributed by atoms with Crippen LogP contribution in [-0.4, -0.2) is 52.0 Å². The maximum atomic E-state index is 13.3. The highest BCUT2D eigenvalue weighted by Crippen LogP contribution is 2.64. The highest BCUT2D eigenvalue weighted by Gasteiger charge is 2.58. The Hall–Kier alpha value is -2.13. The Kier molecular flexibility index (Phi) is 5.44. The van der Waals surface area contributed by atoms with Gasteiger partial charge in [-0.1, -0.05) is 0 Å². The van der Waals surface area contributed by atoms with Crippen molar-refractivity contribution in [2.24, 2.45) is 11.8 Å². The molecule has 3 fully saturated rings. The molecule has 0 radical (unpaired) electrons. The smallest absolute Gasteiger partial charge is 0.383 e. The number of hydrogen-bond donors (Lipinski definition) is 1. The molecule has 0 aromatic carbocycles. The molecule has 2 aliphatic carbocycles. The Balaban J connectivity index is 1.37. The second-order valence-corrected chi connectivity index (χ2v) is 9.63. The van der Waals surface area contributed by atoms with Crippen LogP contribution in [0.1, 0.15) is 56.3 Å². The molecule has 3 heterocycles. The molecule has 2 N–H and O–H groups in total. The standard InChI is InChI=1S/C23H30F3N5O/c1-13(2)31-20(11-19(29-31)14-8-18(23(24,25)26)22(27)28-12-14)21-16-9-15(10-17(16)21)30-4-3-6-32-7-5-30/h8,11-13,15-17,21H,3-7,9-10H2,1-2H3,(H2,27,28)/t15-,16-,17+,21+. The van der Waals surface area contributed by atoms with Crippen molar-refractivity contribution in [3.63, 3.8) is 0 Å². The van der Waals surface area contributed by atoms with Gasteiger partial charge in [-0.25, -0.2) is 4.98 Å². The summed E-state index contributed by atoms with van der Waals surface area (Å²) in [6.07, 6.45) is 0.281. The largest absolute Gasteiger partial charge is 0.419 e. The van der Waals surface area contributed by atoms with Gasteiger partial charge in [-0.2, -0.15) is 18.3 Å². The van der Waals surface area contributed by atoms with Gasteiger partial charge in [0.15, 0.2) is 0 Å². The Morgan fingerprint density at radius 2 is 1.88 bits per heavy atom. The molecule has 32 heavy (non-hydrogen) atoms. The van der Waals surface area contributed by atoms with Crippen molar-refractivity contribution >= 4 is 5.82 Å². The van der Waals surface area contributed by atoms with Crippen molar-refractivity contribution in [1.82, 2.24) is 19.7 Å². The quantitative estimate of drug-likeness (QED) is 0.752. The van der Waals surface area contributed by atoms with E-state index in [0.717, 1.165) is 44.5 Å². The predicted molar refractivity (Wildman–Crippen MR) is 115 cm³/mol. The summed E-state index contributed by atoms with van der Waals surface area (Å²) < 4.78 is 47.5. The first kappa shape index (κ1) is 21.7. The van der Waals surface area contributed by atoms with Crippen LogP contribution in [0.5, 0.6) is 0 Å². The molecule has 0 unspecified atom stereocenters. The predicted octanol–water partition coefficient (Wildman–Crippen LogP) is 4.34. The van der Waals surface area contributed by atoms with Gasteiger partial charge in [0, 0.05) is 55.2 Å². The molecule has 174 valence electrons. The number of fused-ring (bicyclic) bond motifs is 1. The Morgan fingerprint density at radius 1 is 1.12 bits per heavy atom. The summed E-state index contributed by atoms with van der Waals surface area (Å²) >= 11 is 0. The van der Waals surface area contributed by atoms with Crippen LogP contribution in [0, 0.1) is 11.8 Å². The maximum Gasteiger partial charge on any atom is 0.419 e. The van der Waals surface area contributed by atoms with Crippen molar-refractivity contribution in [3.05, 3.63) is 29.6 Å². The van der Waals surface area contributed by atoms with E-state index in [1.54, 1.807) is 0 Å². The molecule has 3 aliphatic rings. The number of halogens is 3. The van der Waals surface area contributed by atoms with Gasteiger partial charge in [0.05, 0.1) is 17.9 Å². The van der Waals surface area contributed by atoms with Gasteiger partial charge in [-0.3, -0.25) is 9.58 Å². The monoisotopic (exact) mass is 449 g/mol. The fourth-order valence-corrected chi connectivity index (χ4v) is 5.73. The lowest BCUT2D eigenvalue weighted by molar-refractivity contribution is -0.137. The minimum atomic E-state index is -4.54. The van der Waals surface area contributed by atoms with Crippen LogP contribution in [0.2, 0.25) is 0 Å². The summed E-state index contributed by atoms with van der Waals surface area (Å²) in [6, 6.07) is 3.77. The molecule has 0 spiro atoms. The van der Waals surface area contributed by atoms with E-state index in [-0.39, 0.29) is 6.04 Å². The molecule has 0 bridgehead atoms. The van der Waals surface area contributed by atoms with Gasteiger partial charge >= 0.3 is 6.18 Å². The molecular weight excluding hydrogens is 419 g/mol. The topological polar surface area (TPSA) is 69.2 Å². The first-order valence-corrected chi connectivity index (χ1v) is 11.5. The number of aromatic nitrogens is 3. The molecule has 6 nitrogen and oxygen atoms in total. The lowest BCUT2D eigenvalue weighted by Crippen LogP contribution is -2.36. The fraction of sp³-hybridized carbons (Fsp3) is 0.652. The average Bonchev–Trinajstić information content (AvgIpc) is 3.06. The van der Waals surface area contributed by atoms with Crippen molar-refractivity contribution in [3.8, 4) is 11.3 Å². The highest BCUT2D eigenvalue weighted by molar-refractivity contribution is 5.63. The van der Waals surface area contributed by atoms with Crippen molar-refractivity contribution in [2.75, 3.05) is 32.0 Å². The Labute approximate surface area is 185 Å². The van der Waals surface area contributed by atoms with Crippen LogP contribution >= 0.6 is 0 Å². The van der Waals surface area contributed by atoms with Gasteiger partial charge in [-0.05, 0) is 57.1 Å². The summed E-state index contributed by atoms with van der Waals surface area (Å²) in [4.78, 5) is 6.37. The van der Waals surface area contributed by atoms with Gasteiger partial charge in [0.1, 0.15) is 5.82 Å². The molecule has 4 atom stereocenters. The third-order valence-electron chi connectivity index (χ3n) is 7.31. The minimum absolute atomic E-state index is 0.127. The normalized spacial score (nSPS) is 28.7. The maximum absolute atomic E-state index is 13.3. The van der Waals surface area contributed by atoms with E-state index in [1.807, 2.05) is 10.7 Å². The zero-order valence-electron chi connectivity index (χ0n) is 18.5. The zero-order chi connectivity index (χ0) is 22.6. The van der Waals surface area contributed by atoms with E-state index in [0.29, 0.717) is 35.1 Å². The van der Waals surface area contributed by atoms with Crippen LogP contribution in [0.15, 0.2) is 18.3 Å². The first-order chi connectivity index (χ1) is 15.2. The summed E-state index contributed by atoms with van der Waals surface area (Å²) in [5.74, 6) is 1.18. The molecule has 1 saturated heterocycles. The molecule has 2 aromatic heterocycles. The lowest BCUT2D eigenvalue weighted by Gasteiger charge is -2.28. The average molecular weight is 450 g/mol. The molecule has 1 aliphatic heterocycles.